The Morgan fingerprint density at radius 2 is 2.08 bits per heavy atom. The lowest BCUT2D eigenvalue weighted by Gasteiger charge is -2.51. The third-order valence-electron chi connectivity index (χ3n) is 6.21. The van der Waals surface area contributed by atoms with E-state index in [1.807, 2.05) is 24.3 Å². The van der Waals surface area contributed by atoms with Gasteiger partial charge in [-0.3, -0.25) is 0 Å². The molecular weight excluding hydrogens is 328 g/mol. The third kappa shape index (κ3) is 2.67. The number of nitriles is 1. The van der Waals surface area contributed by atoms with E-state index >= 15 is 0 Å². The molecule has 2 saturated carbocycles. The minimum Gasteiger partial charge on any atom is -0.384 e. The van der Waals surface area contributed by atoms with Crippen LogP contribution in [0.1, 0.15) is 61.7 Å². The van der Waals surface area contributed by atoms with Crippen molar-refractivity contribution >= 4 is 5.69 Å². The minimum absolute atomic E-state index is 0.143. The SMILES string of the molecule is N#Cc1cccc(NCC23CCC(c4nc(C5CC5)no4)(CC2)OC3)c1. The zero-order valence-corrected chi connectivity index (χ0v) is 14.7. The summed E-state index contributed by atoms with van der Waals surface area (Å²) in [6.45, 7) is 1.56. The van der Waals surface area contributed by atoms with E-state index in [4.69, 9.17) is 14.5 Å². The van der Waals surface area contributed by atoms with Crippen molar-refractivity contribution in [1.82, 2.24) is 10.1 Å². The molecule has 1 N–H and O–H groups in total. The predicted octanol–water partition coefficient (Wildman–Crippen LogP) is 3.72. The number of nitrogens with one attached hydrogen (secondary N) is 1. The molecule has 6 heteroatoms. The Kier molecular flexibility index (Phi) is 3.54. The number of nitrogens with zero attached hydrogens (tertiary/aromatic N) is 3. The van der Waals surface area contributed by atoms with Crippen LogP contribution in [0, 0.1) is 16.7 Å². The van der Waals surface area contributed by atoms with Crippen LogP contribution in [0.2, 0.25) is 0 Å². The summed E-state index contributed by atoms with van der Waals surface area (Å²) in [5.74, 6) is 2.05. The number of rotatable bonds is 5. The average Bonchev–Trinajstić information content (AvgIpc) is 3.44. The Balaban J connectivity index is 1.26. The number of anilines is 1. The number of aromatic nitrogens is 2. The molecule has 0 spiro atoms. The van der Waals surface area contributed by atoms with Gasteiger partial charge in [-0.15, -0.1) is 0 Å². The van der Waals surface area contributed by atoms with Crippen LogP contribution < -0.4 is 5.32 Å². The van der Waals surface area contributed by atoms with Crippen molar-refractivity contribution in [3.63, 3.8) is 0 Å². The maximum absolute atomic E-state index is 9.04. The highest BCUT2D eigenvalue weighted by molar-refractivity contribution is 5.49. The van der Waals surface area contributed by atoms with Gasteiger partial charge in [0.05, 0.1) is 18.2 Å². The van der Waals surface area contributed by atoms with Gasteiger partial charge in [0.1, 0.15) is 5.60 Å². The summed E-state index contributed by atoms with van der Waals surface area (Å²) in [5, 5.41) is 16.7. The van der Waals surface area contributed by atoms with Crippen LogP contribution >= 0.6 is 0 Å². The van der Waals surface area contributed by atoms with Crippen molar-refractivity contribution in [2.45, 2.75) is 50.0 Å². The molecule has 2 aliphatic heterocycles. The zero-order valence-electron chi connectivity index (χ0n) is 14.7. The monoisotopic (exact) mass is 350 g/mol. The molecule has 0 atom stereocenters. The quantitative estimate of drug-likeness (QED) is 0.885. The second-order valence-corrected chi connectivity index (χ2v) is 8.06. The average molecular weight is 350 g/mol. The largest absolute Gasteiger partial charge is 0.384 e. The summed E-state index contributed by atoms with van der Waals surface area (Å²) in [6, 6.07) is 9.82. The summed E-state index contributed by atoms with van der Waals surface area (Å²) < 4.78 is 11.9. The van der Waals surface area contributed by atoms with Crippen LogP contribution in [0.3, 0.4) is 0 Å². The number of ether oxygens (including phenoxy) is 1. The molecule has 2 aromatic rings. The van der Waals surface area contributed by atoms with Gasteiger partial charge in [-0.1, -0.05) is 11.2 Å². The van der Waals surface area contributed by atoms with Gasteiger partial charge in [0.25, 0.3) is 5.89 Å². The van der Waals surface area contributed by atoms with E-state index in [2.05, 4.69) is 21.5 Å². The van der Waals surface area contributed by atoms with Gasteiger partial charge in [-0.2, -0.15) is 10.2 Å². The molecule has 1 aromatic carbocycles. The van der Waals surface area contributed by atoms with Crippen LogP contribution in [0.15, 0.2) is 28.8 Å². The normalized spacial score (nSPS) is 30.1. The van der Waals surface area contributed by atoms with Crippen LogP contribution in [-0.4, -0.2) is 23.3 Å². The molecule has 4 fully saturated rings. The summed E-state index contributed by atoms with van der Waals surface area (Å²) in [6.07, 6.45) is 6.37. The van der Waals surface area contributed by atoms with Crippen LogP contribution in [-0.2, 0) is 10.3 Å². The van der Waals surface area contributed by atoms with E-state index in [0.717, 1.165) is 43.7 Å². The van der Waals surface area contributed by atoms with Gasteiger partial charge < -0.3 is 14.6 Å². The van der Waals surface area contributed by atoms with Gasteiger partial charge in [0, 0.05) is 23.6 Å². The van der Waals surface area contributed by atoms with E-state index in [9.17, 15) is 0 Å². The summed E-state index contributed by atoms with van der Waals surface area (Å²) in [5.41, 5.74) is 1.44. The molecule has 4 aliphatic rings. The van der Waals surface area contributed by atoms with E-state index in [1.54, 1.807) is 0 Å². The van der Waals surface area contributed by atoms with E-state index in [0.29, 0.717) is 24.0 Å². The minimum atomic E-state index is -0.372. The third-order valence-corrected chi connectivity index (χ3v) is 6.21. The predicted molar refractivity (Wildman–Crippen MR) is 94.5 cm³/mol. The van der Waals surface area contributed by atoms with E-state index < -0.39 is 0 Å². The fraction of sp³-hybridized carbons (Fsp3) is 0.550. The Morgan fingerprint density at radius 1 is 1.23 bits per heavy atom. The fourth-order valence-corrected chi connectivity index (χ4v) is 4.18. The molecule has 134 valence electrons. The summed E-state index contributed by atoms with van der Waals surface area (Å²) >= 11 is 0. The van der Waals surface area contributed by atoms with Crippen molar-refractivity contribution in [2.24, 2.45) is 5.41 Å². The first-order valence-corrected chi connectivity index (χ1v) is 9.43. The number of fused-ring (bicyclic) bond motifs is 3. The lowest BCUT2D eigenvalue weighted by molar-refractivity contribution is -0.196. The van der Waals surface area contributed by atoms with Gasteiger partial charge in [-0.25, -0.2) is 0 Å². The lowest BCUT2D eigenvalue weighted by Crippen LogP contribution is -2.52. The smallest absolute Gasteiger partial charge is 0.258 e. The summed E-state index contributed by atoms with van der Waals surface area (Å²) in [4.78, 5) is 4.65. The van der Waals surface area contributed by atoms with Crippen LogP contribution in [0.5, 0.6) is 0 Å². The first-order chi connectivity index (χ1) is 12.7. The molecule has 1 aromatic heterocycles. The molecular formula is C20H22N4O2. The Hall–Kier alpha value is -2.39. The van der Waals surface area contributed by atoms with E-state index in [-0.39, 0.29) is 11.0 Å². The molecule has 26 heavy (non-hydrogen) atoms. The summed E-state index contributed by atoms with van der Waals surface area (Å²) in [7, 11) is 0. The molecule has 2 bridgehead atoms. The highest BCUT2D eigenvalue weighted by Gasteiger charge is 2.53. The van der Waals surface area contributed by atoms with Gasteiger partial charge in [0.2, 0.25) is 0 Å². The molecule has 2 aliphatic carbocycles. The van der Waals surface area contributed by atoms with Crippen LogP contribution in [0.4, 0.5) is 5.69 Å². The second kappa shape index (κ2) is 5.82. The van der Waals surface area contributed by atoms with Gasteiger partial charge in [0.15, 0.2) is 5.82 Å². The standard InChI is InChI=1S/C20H22N4O2/c21-11-14-2-1-3-16(10-14)22-12-19-6-8-20(9-7-19,25-13-19)18-23-17(24-26-18)15-4-5-15/h1-3,10,15,22H,4-9,12-13H2. The molecule has 0 radical (unpaired) electrons. The molecule has 0 amide bonds. The Morgan fingerprint density at radius 3 is 2.77 bits per heavy atom. The van der Waals surface area contributed by atoms with Crippen LogP contribution in [0.25, 0.3) is 0 Å². The van der Waals surface area contributed by atoms with Crippen molar-refractivity contribution in [1.29, 1.82) is 5.26 Å². The molecule has 6 nitrogen and oxygen atoms in total. The molecule has 6 rings (SSSR count). The fourth-order valence-electron chi connectivity index (χ4n) is 4.18. The lowest BCUT2D eigenvalue weighted by atomic mass is 9.66. The second-order valence-electron chi connectivity index (χ2n) is 8.06. The first kappa shape index (κ1) is 15.8. The number of hydrogen-bond donors (Lipinski definition) is 1. The van der Waals surface area contributed by atoms with E-state index in [1.165, 1.54) is 12.8 Å². The highest BCUT2D eigenvalue weighted by Crippen LogP contribution is 2.53. The van der Waals surface area contributed by atoms with Gasteiger partial charge >= 0.3 is 0 Å². The Labute approximate surface area is 152 Å². The Bertz CT molecular complexity index is 840. The van der Waals surface area contributed by atoms with Crippen molar-refractivity contribution in [3.05, 3.63) is 41.5 Å². The van der Waals surface area contributed by atoms with Crippen molar-refractivity contribution < 1.29 is 9.26 Å². The van der Waals surface area contributed by atoms with Crippen molar-refractivity contribution in [3.8, 4) is 6.07 Å². The zero-order chi connectivity index (χ0) is 17.6. The van der Waals surface area contributed by atoms with Crippen molar-refractivity contribution in [2.75, 3.05) is 18.5 Å². The maximum atomic E-state index is 9.04. The molecule has 2 saturated heterocycles. The number of hydrogen-bond acceptors (Lipinski definition) is 6. The number of benzene rings is 1. The topological polar surface area (TPSA) is 84.0 Å². The molecule has 3 heterocycles. The first-order valence-electron chi connectivity index (χ1n) is 9.43. The maximum Gasteiger partial charge on any atom is 0.258 e. The molecule has 0 unspecified atom stereocenters. The van der Waals surface area contributed by atoms with Gasteiger partial charge in [-0.05, 0) is 56.7 Å². The highest BCUT2D eigenvalue weighted by atomic mass is 16.5.